The molecule has 2 aliphatic rings. The third-order valence-corrected chi connectivity index (χ3v) is 4.80. The molecule has 120 valence electrons. The fraction of sp³-hybridized carbons (Fsp3) is 0.588. The molecule has 0 aromatic rings. The van der Waals surface area contributed by atoms with Crippen LogP contribution in [0, 0.1) is 17.3 Å². The fourth-order valence-electron chi connectivity index (χ4n) is 3.61. The van der Waals surface area contributed by atoms with E-state index >= 15 is 0 Å². The average Bonchev–Trinajstić information content (AvgIpc) is 2.41. The predicted molar refractivity (Wildman–Crippen MR) is 79.8 cm³/mol. The van der Waals surface area contributed by atoms with E-state index in [-0.39, 0.29) is 22.8 Å². The molecule has 1 saturated carbocycles. The van der Waals surface area contributed by atoms with Gasteiger partial charge in [-0.3, -0.25) is 14.4 Å². The van der Waals surface area contributed by atoms with Crippen molar-refractivity contribution in [3.8, 4) is 0 Å². The topological polar surface area (TPSA) is 80.7 Å². The Kier molecular flexibility index (Phi) is 4.13. The first-order chi connectivity index (χ1) is 10.1. The molecule has 5 heteroatoms. The van der Waals surface area contributed by atoms with Gasteiger partial charge in [-0.2, -0.15) is 0 Å². The monoisotopic (exact) mass is 306 g/mol. The highest BCUT2D eigenvalue weighted by atomic mass is 16.5. The van der Waals surface area contributed by atoms with Crippen molar-refractivity contribution in [1.29, 1.82) is 0 Å². The number of rotatable bonds is 1. The van der Waals surface area contributed by atoms with Gasteiger partial charge in [0.15, 0.2) is 11.9 Å². The molecule has 0 aromatic carbocycles. The second kappa shape index (κ2) is 5.47. The van der Waals surface area contributed by atoms with E-state index in [1.165, 1.54) is 19.9 Å². The second-order valence-electron chi connectivity index (χ2n) is 6.90. The van der Waals surface area contributed by atoms with Crippen LogP contribution in [0.5, 0.6) is 0 Å². The van der Waals surface area contributed by atoms with Gasteiger partial charge < -0.3 is 9.84 Å². The van der Waals surface area contributed by atoms with Crippen molar-refractivity contribution in [3.05, 3.63) is 23.8 Å². The summed E-state index contributed by atoms with van der Waals surface area (Å²) in [5, 5.41) is 10.4. The Labute approximate surface area is 130 Å². The largest absolute Gasteiger partial charge is 0.450 e. The SMILES string of the molecule is C=C1C(=O)C(OC(C)=O)/C=C(\C)C(=O)[C@H](O)[C@@H]2[C@@H]1CC2(C)C. The number of aliphatic hydroxyl groups is 1. The van der Waals surface area contributed by atoms with E-state index in [0.29, 0.717) is 12.0 Å². The highest BCUT2D eigenvalue weighted by Gasteiger charge is 2.55. The van der Waals surface area contributed by atoms with Crippen LogP contribution < -0.4 is 0 Å². The maximum Gasteiger partial charge on any atom is 0.303 e. The first-order valence-electron chi connectivity index (χ1n) is 7.37. The minimum Gasteiger partial charge on any atom is -0.450 e. The molecular weight excluding hydrogens is 284 g/mol. The van der Waals surface area contributed by atoms with Crippen LogP contribution >= 0.6 is 0 Å². The highest BCUT2D eigenvalue weighted by Crippen LogP contribution is 2.55. The Morgan fingerprint density at radius 2 is 1.95 bits per heavy atom. The van der Waals surface area contributed by atoms with Crippen LogP contribution in [-0.4, -0.2) is 34.9 Å². The molecule has 0 radical (unpaired) electrons. The van der Waals surface area contributed by atoms with Crippen LogP contribution in [0.3, 0.4) is 0 Å². The summed E-state index contributed by atoms with van der Waals surface area (Å²) in [5.41, 5.74) is 0.293. The number of carbonyl (C=O) groups is 3. The smallest absolute Gasteiger partial charge is 0.303 e. The number of Topliss-reactive ketones (excluding diaryl/α,β-unsaturated/α-hetero) is 2. The summed E-state index contributed by atoms with van der Waals surface area (Å²) in [4.78, 5) is 36.1. The number of carbonyl (C=O) groups excluding carboxylic acids is 3. The molecule has 0 bridgehead atoms. The zero-order valence-electron chi connectivity index (χ0n) is 13.4. The molecule has 2 rings (SSSR count). The predicted octanol–water partition coefficient (Wildman–Crippen LogP) is 1.60. The lowest BCUT2D eigenvalue weighted by Crippen LogP contribution is -2.54. The van der Waals surface area contributed by atoms with Crippen LogP contribution in [0.2, 0.25) is 0 Å². The minimum absolute atomic E-state index is 0.225. The van der Waals surface area contributed by atoms with Crippen molar-refractivity contribution in [2.45, 2.75) is 46.3 Å². The van der Waals surface area contributed by atoms with Gasteiger partial charge in [0.05, 0.1) is 0 Å². The molecule has 0 aliphatic heterocycles. The number of ketones is 2. The molecule has 0 heterocycles. The van der Waals surface area contributed by atoms with Crippen molar-refractivity contribution >= 4 is 17.5 Å². The summed E-state index contributed by atoms with van der Waals surface area (Å²) in [6.07, 6.45) is -0.356. The normalized spacial score (nSPS) is 37.0. The van der Waals surface area contributed by atoms with E-state index in [1.807, 2.05) is 13.8 Å². The van der Waals surface area contributed by atoms with Crippen LogP contribution in [0.1, 0.15) is 34.1 Å². The van der Waals surface area contributed by atoms with E-state index in [0.717, 1.165) is 0 Å². The van der Waals surface area contributed by atoms with Gasteiger partial charge in [0.1, 0.15) is 6.10 Å². The zero-order valence-corrected chi connectivity index (χ0v) is 13.4. The van der Waals surface area contributed by atoms with Gasteiger partial charge in [-0.25, -0.2) is 0 Å². The molecule has 5 nitrogen and oxygen atoms in total. The third kappa shape index (κ3) is 2.65. The van der Waals surface area contributed by atoms with Gasteiger partial charge in [0.2, 0.25) is 5.78 Å². The molecule has 22 heavy (non-hydrogen) atoms. The number of ether oxygens (including phenoxy) is 1. The molecule has 4 atom stereocenters. The Morgan fingerprint density at radius 1 is 1.36 bits per heavy atom. The summed E-state index contributed by atoms with van der Waals surface area (Å²) in [5.74, 6) is -2.05. The van der Waals surface area contributed by atoms with Gasteiger partial charge >= 0.3 is 5.97 Å². The summed E-state index contributed by atoms with van der Waals surface area (Å²) < 4.78 is 5.02. The van der Waals surface area contributed by atoms with E-state index < -0.39 is 29.7 Å². The van der Waals surface area contributed by atoms with Gasteiger partial charge in [-0.1, -0.05) is 20.4 Å². The van der Waals surface area contributed by atoms with Crippen molar-refractivity contribution in [3.63, 3.8) is 0 Å². The third-order valence-electron chi connectivity index (χ3n) is 4.80. The zero-order chi connectivity index (χ0) is 16.8. The minimum atomic E-state index is -1.18. The van der Waals surface area contributed by atoms with Crippen molar-refractivity contribution in [2.75, 3.05) is 0 Å². The van der Waals surface area contributed by atoms with Crippen molar-refractivity contribution < 1.29 is 24.2 Å². The van der Waals surface area contributed by atoms with Crippen molar-refractivity contribution in [2.24, 2.45) is 17.3 Å². The number of aliphatic hydroxyl groups excluding tert-OH is 1. The summed E-state index contributed by atoms with van der Waals surface area (Å²) in [6, 6.07) is 0. The molecule has 1 fully saturated rings. The van der Waals surface area contributed by atoms with Gasteiger partial charge in [0, 0.05) is 12.8 Å². The molecular formula is C17H22O5. The van der Waals surface area contributed by atoms with Crippen LogP contribution in [0.25, 0.3) is 0 Å². The Hall–Kier alpha value is -1.75. The molecule has 0 amide bonds. The average molecular weight is 306 g/mol. The van der Waals surface area contributed by atoms with E-state index in [2.05, 4.69) is 6.58 Å². The van der Waals surface area contributed by atoms with Crippen LogP contribution in [0.4, 0.5) is 0 Å². The number of esters is 1. The number of hydrogen-bond acceptors (Lipinski definition) is 5. The highest BCUT2D eigenvalue weighted by molar-refractivity contribution is 6.05. The van der Waals surface area contributed by atoms with E-state index in [4.69, 9.17) is 4.74 Å². The lowest BCUT2D eigenvalue weighted by Gasteiger charge is -2.53. The van der Waals surface area contributed by atoms with E-state index in [1.54, 1.807) is 0 Å². The van der Waals surface area contributed by atoms with E-state index in [9.17, 15) is 19.5 Å². The second-order valence-corrected chi connectivity index (χ2v) is 6.90. The van der Waals surface area contributed by atoms with Crippen LogP contribution in [0.15, 0.2) is 23.8 Å². The summed E-state index contributed by atoms with van der Waals surface area (Å²) in [6.45, 7) is 10.5. The fourth-order valence-corrected chi connectivity index (χ4v) is 3.61. The summed E-state index contributed by atoms with van der Waals surface area (Å²) in [7, 11) is 0. The van der Waals surface area contributed by atoms with Gasteiger partial charge in [-0.15, -0.1) is 0 Å². The van der Waals surface area contributed by atoms with Gasteiger partial charge in [0.25, 0.3) is 0 Å². The molecule has 0 aromatic heterocycles. The molecule has 0 saturated heterocycles. The lowest BCUT2D eigenvalue weighted by molar-refractivity contribution is -0.150. The number of hydrogen-bond donors (Lipinski definition) is 1. The summed E-state index contributed by atoms with van der Waals surface area (Å²) >= 11 is 0. The van der Waals surface area contributed by atoms with Crippen LogP contribution in [-0.2, 0) is 19.1 Å². The molecule has 2 aliphatic carbocycles. The molecule has 1 N–H and O–H groups in total. The molecule has 1 unspecified atom stereocenters. The standard InChI is InChI=1S/C17H22O5/c1-8-6-12(22-10(3)18)15(20)9(2)11-7-17(4,5)13(11)16(21)14(8)19/h6,11-13,16,21H,2,7H2,1,3-5H3/b8-6+/t11-,12?,13+,16-/m1/s1. The van der Waals surface area contributed by atoms with Crippen molar-refractivity contribution in [1.82, 2.24) is 0 Å². The Bertz CT molecular complexity index is 584. The Morgan fingerprint density at radius 3 is 2.45 bits per heavy atom. The quantitative estimate of drug-likeness (QED) is 0.588. The Balaban J connectivity index is 2.45. The molecule has 0 spiro atoms. The maximum atomic E-state index is 12.5. The first-order valence-corrected chi connectivity index (χ1v) is 7.37. The maximum absolute atomic E-state index is 12.5. The first kappa shape index (κ1) is 16.6. The number of fused-ring (bicyclic) bond motifs is 1. The lowest BCUT2D eigenvalue weighted by atomic mass is 9.51. The van der Waals surface area contributed by atoms with Gasteiger partial charge in [-0.05, 0) is 41.9 Å².